The lowest BCUT2D eigenvalue weighted by Gasteiger charge is -2.10. The number of rotatable bonds is 9. The fourth-order valence-corrected chi connectivity index (χ4v) is 4.04. The summed E-state index contributed by atoms with van der Waals surface area (Å²) in [7, 11) is -3.86. The summed E-state index contributed by atoms with van der Waals surface area (Å²) in [4.78, 5) is 11.1. The average molecular weight is 464 g/mol. The third-order valence-corrected chi connectivity index (χ3v) is 6.26. The fourth-order valence-electron chi connectivity index (χ4n) is 2.99. The van der Waals surface area contributed by atoms with E-state index in [0.29, 0.717) is 17.7 Å². The first-order valence-electron chi connectivity index (χ1n) is 9.65. The van der Waals surface area contributed by atoms with Crippen molar-refractivity contribution in [3.63, 3.8) is 0 Å². The lowest BCUT2D eigenvalue weighted by atomic mass is 10.1. The van der Waals surface area contributed by atoms with E-state index in [0.717, 1.165) is 17.7 Å². The lowest BCUT2D eigenvalue weighted by Crippen LogP contribution is -2.26. The van der Waals surface area contributed by atoms with Gasteiger partial charge in [0.2, 0.25) is 10.0 Å². The molecule has 0 fully saturated rings. The smallest absolute Gasteiger partial charge is 0.335 e. The Morgan fingerprint density at radius 2 is 1.81 bits per heavy atom. The van der Waals surface area contributed by atoms with Gasteiger partial charge in [0.25, 0.3) is 0 Å². The molecule has 9 heteroatoms. The number of aryl methyl sites for hydroxylation is 1. The van der Waals surface area contributed by atoms with Crippen LogP contribution >= 0.6 is 0 Å². The maximum absolute atomic E-state index is 13.7. The van der Waals surface area contributed by atoms with Gasteiger partial charge < -0.3 is 9.84 Å². The zero-order chi connectivity index (χ0) is 23.3. The molecule has 0 saturated carbocycles. The highest BCUT2D eigenvalue weighted by molar-refractivity contribution is 7.89. The van der Waals surface area contributed by atoms with E-state index in [1.54, 1.807) is 31.2 Å². The SMILES string of the molecule is Cc1ccc(S(=O)(=O)NCCc2ccc(OCc3cccc(F)c3F)cc2)cc1C(=O)O.[HH]. The fraction of sp³-hybridized carbons (Fsp3) is 0.174. The summed E-state index contributed by atoms with van der Waals surface area (Å²) >= 11 is 0. The first kappa shape index (κ1) is 23.4. The number of carboxylic acid groups (broad SMARTS) is 1. The van der Waals surface area contributed by atoms with E-state index >= 15 is 0 Å². The summed E-state index contributed by atoms with van der Waals surface area (Å²) < 4.78 is 59.7. The Morgan fingerprint density at radius 1 is 1.09 bits per heavy atom. The molecule has 0 unspecified atom stereocenters. The van der Waals surface area contributed by atoms with Crippen LogP contribution in [-0.2, 0) is 23.1 Å². The van der Waals surface area contributed by atoms with Crippen LogP contribution < -0.4 is 9.46 Å². The number of halogens is 2. The van der Waals surface area contributed by atoms with Crippen molar-refractivity contribution in [3.8, 4) is 5.75 Å². The maximum Gasteiger partial charge on any atom is 0.335 e. The highest BCUT2D eigenvalue weighted by atomic mass is 32.2. The summed E-state index contributed by atoms with van der Waals surface area (Å²) in [5.74, 6) is -2.62. The van der Waals surface area contributed by atoms with E-state index in [-0.39, 0.29) is 30.6 Å². The molecule has 3 aromatic rings. The molecule has 0 aliphatic rings. The average Bonchev–Trinajstić information content (AvgIpc) is 2.75. The van der Waals surface area contributed by atoms with Crippen LogP contribution in [-0.4, -0.2) is 26.0 Å². The highest BCUT2D eigenvalue weighted by Gasteiger charge is 2.17. The normalized spacial score (nSPS) is 11.3. The Kier molecular flexibility index (Phi) is 7.22. The monoisotopic (exact) mass is 463 g/mol. The third-order valence-electron chi connectivity index (χ3n) is 4.80. The molecule has 32 heavy (non-hydrogen) atoms. The van der Waals surface area contributed by atoms with Crippen molar-refractivity contribution >= 4 is 16.0 Å². The van der Waals surface area contributed by atoms with Gasteiger partial charge in [0, 0.05) is 13.5 Å². The minimum Gasteiger partial charge on any atom is -0.489 e. The number of carbonyl (C=O) groups is 1. The molecule has 0 atom stereocenters. The predicted octanol–water partition coefficient (Wildman–Crippen LogP) is 4.32. The molecule has 0 aromatic heterocycles. The number of nitrogens with one attached hydrogen (secondary N) is 1. The molecule has 0 spiro atoms. The summed E-state index contributed by atoms with van der Waals surface area (Å²) in [6.45, 7) is 1.57. The first-order valence-corrected chi connectivity index (χ1v) is 11.1. The molecule has 0 aliphatic carbocycles. The summed E-state index contributed by atoms with van der Waals surface area (Å²) in [5.41, 5.74) is 1.33. The van der Waals surface area contributed by atoms with Gasteiger partial charge in [-0.3, -0.25) is 0 Å². The summed E-state index contributed by atoms with van der Waals surface area (Å²) in [5, 5.41) is 9.17. The van der Waals surface area contributed by atoms with Crippen LogP contribution in [0.5, 0.6) is 5.75 Å². The van der Waals surface area contributed by atoms with E-state index < -0.39 is 27.6 Å². The molecular formula is C23H23F2NO5S. The molecule has 0 saturated heterocycles. The second-order valence-electron chi connectivity index (χ2n) is 7.08. The molecule has 3 aromatic carbocycles. The van der Waals surface area contributed by atoms with Crippen molar-refractivity contribution in [1.82, 2.24) is 4.72 Å². The van der Waals surface area contributed by atoms with Crippen LogP contribution in [0.1, 0.15) is 28.5 Å². The van der Waals surface area contributed by atoms with Crippen molar-refractivity contribution in [1.29, 1.82) is 0 Å². The molecule has 0 aliphatic heterocycles. The minimum absolute atomic E-state index is 0. The van der Waals surface area contributed by atoms with Crippen LogP contribution in [0.2, 0.25) is 0 Å². The van der Waals surface area contributed by atoms with E-state index in [9.17, 15) is 27.1 Å². The Labute approximate surface area is 186 Å². The van der Waals surface area contributed by atoms with Gasteiger partial charge in [-0.05, 0) is 54.8 Å². The van der Waals surface area contributed by atoms with E-state index in [1.807, 2.05) is 0 Å². The van der Waals surface area contributed by atoms with Crippen molar-refractivity contribution in [2.75, 3.05) is 6.54 Å². The molecule has 0 amide bonds. The van der Waals surface area contributed by atoms with Crippen molar-refractivity contribution in [2.24, 2.45) is 0 Å². The van der Waals surface area contributed by atoms with E-state index in [1.165, 1.54) is 24.3 Å². The molecule has 2 N–H and O–H groups in total. The molecule has 0 radical (unpaired) electrons. The van der Waals surface area contributed by atoms with Crippen molar-refractivity contribution in [3.05, 3.63) is 94.6 Å². The predicted molar refractivity (Wildman–Crippen MR) is 116 cm³/mol. The minimum atomic E-state index is -3.86. The molecule has 3 rings (SSSR count). The van der Waals surface area contributed by atoms with Crippen LogP contribution in [0, 0.1) is 18.6 Å². The zero-order valence-corrected chi connectivity index (χ0v) is 18.0. The number of ether oxygens (including phenoxy) is 1. The zero-order valence-electron chi connectivity index (χ0n) is 17.1. The molecular weight excluding hydrogens is 440 g/mol. The van der Waals surface area contributed by atoms with Crippen molar-refractivity contribution in [2.45, 2.75) is 24.8 Å². The number of benzene rings is 3. The van der Waals surface area contributed by atoms with E-state index in [4.69, 9.17) is 4.74 Å². The second kappa shape index (κ2) is 9.88. The largest absolute Gasteiger partial charge is 0.489 e. The topological polar surface area (TPSA) is 92.7 Å². The van der Waals surface area contributed by atoms with Gasteiger partial charge in [-0.15, -0.1) is 0 Å². The number of carboxylic acids is 1. The number of sulfonamides is 1. The first-order chi connectivity index (χ1) is 15.2. The quantitative estimate of drug-likeness (QED) is 0.493. The number of hydrogen-bond acceptors (Lipinski definition) is 4. The second-order valence-corrected chi connectivity index (χ2v) is 8.84. The van der Waals surface area contributed by atoms with Gasteiger partial charge in [-0.1, -0.05) is 30.3 Å². The summed E-state index contributed by atoms with van der Waals surface area (Å²) in [6.07, 6.45) is 0.385. The van der Waals surface area contributed by atoms with Gasteiger partial charge in [-0.2, -0.15) is 0 Å². The molecule has 170 valence electrons. The third kappa shape index (κ3) is 5.68. The number of aromatic carboxylic acids is 1. The standard InChI is InChI=1S/C23H21F2NO5S.H2/c1-15-5-10-19(13-20(15)23(27)28)32(29,30)26-12-11-16-6-8-18(9-7-16)31-14-17-3-2-4-21(24)22(17)25;/h2-10,13,26H,11-12,14H2,1H3,(H,27,28);1H. The van der Waals surface area contributed by atoms with Gasteiger partial charge in [0.05, 0.1) is 10.5 Å². The van der Waals surface area contributed by atoms with Crippen LogP contribution in [0.4, 0.5) is 8.78 Å². The molecule has 0 bridgehead atoms. The van der Waals surface area contributed by atoms with Gasteiger partial charge in [0.1, 0.15) is 12.4 Å². The summed E-state index contributed by atoms with van der Waals surface area (Å²) in [6, 6.07) is 14.6. The van der Waals surface area contributed by atoms with Crippen LogP contribution in [0.3, 0.4) is 0 Å². The Bertz CT molecular complexity index is 1230. The molecule has 6 nitrogen and oxygen atoms in total. The Hall–Kier alpha value is -3.30. The van der Waals surface area contributed by atoms with Gasteiger partial charge in [0.15, 0.2) is 11.6 Å². The van der Waals surface area contributed by atoms with Crippen LogP contribution in [0.15, 0.2) is 65.6 Å². The lowest BCUT2D eigenvalue weighted by molar-refractivity contribution is 0.0696. The number of hydrogen-bond donors (Lipinski definition) is 2. The molecule has 0 heterocycles. The maximum atomic E-state index is 13.7. The Morgan fingerprint density at radius 3 is 2.50 bits per heavy atom. The highest BCUT2D eigenvalue weighted by Crippen LogP contribution is 2.18. The van der Waals surface area contributed by atoms with Gasteiger partial charge >= 0.3 is 5.97 Å². The Balaban J connectivity index is 0.00000385. The van der Waals surface area contributed by atoms with Crippen LogP contribution in [0.25, 0.3) is 0 Å². The van der Waals surface area contributed by atoms with Crippen molar-refractivity contribution < 1.29 is 33.3 Å². The van der Waals surface area contributed by atoms with E-state index in [2.05, 4.69) is 4.72 Å². The van der Waals surface area contributed by atoms with Gasteiger partial charge in [-0.25, -0.2) is 26.7 Å².